The zero-order valence-corrected chi connectivity index (χ0v) is 15.8. The quantitative estimate of drug-likeness (QED) is 0.572. The van der Waals surface area contributed by atoms with Gasteiger partial charge < -0.3 is 20.7 Å². The molecule has 2 rings (SSSR count). The molecule has 0 unspecified atom stereocenters. The Morgan fingerprint density at radius 3 is 2.37 bits per heavy atom. The maximum atomic E-state index is 12.5. The number of rotatable bonds is 8. The van der Waals surface area contributed by atoms with Crippen molar-refractivity contribution in [3.63, 3.8) is 0 Å². The van der Waals surface area contributed by atoms with E-state index in [4.69, 9.17) is 10.00 Å². The second kappa shape index (κ2) is 10.7. The summed E-state index contributed by atoms with van der Waals surface area (Å²) >= 11 is 0. The van der Waals surface area contributed by atoms with Crippen molar-refractivity contribution in [3.8, 4) is 11.8 Å². The normalized spacial score (nSPS) is 10.6. The first-order valence-electron chi connectivity index (χ1n) is 8.85. The van der Waals surface area contributed by atoms with Gasteiger partial charge in [0, 0.05) is 25.2 Å². The Hall–Kier alpha value is -3.74. The second-order valence-electron chi connectivity index (χ2n) is 6.03. The molecule has 0 atom stereocenters. The molecule has 0 spiro atoms. The second-order valence-corrected chi connectivity index (χ2v) is 6.03. The van der Waals surface area contributed by atoms with Gasteiger partial charge in [-0.1, -0.05) is 12.1 Å². The number of benzene rings is 2. The number of carbonyl (C=O) groups excluding carboxylic acids is 2. The van der Waals surface area contributed by atoms with Gasteiger partial charge in [-0.05, 0) is 42.0 Å². The van der Waals surface area contributed by atoms with E-state index in [9.17, 15) is 22.8 Å². The molecule has 0 radical (unpaired) electrons. The SMILES string of the molecule is N#CCOc1cccc(CNC(=O)NCCNC(=O)c2ccc(C(F)(F)F)cc2)c1. The Morgan fingerprint density at radius 1 is 1.00 bits per heavy atom. The first-order valence-corrected chi connectivity index (χ1v) is 8.85. The molecule has 0 saturated heterocycles. The van der Waals surface area contributed by atoms with Crippen LogP contribution in [0.25, 0.3) is 0 Å². The van der Waals surface area contributed by atoms with Crippen LogP contribution >= 0.6 is 0 Å². The van der Waals surface area contributed by atoms with E-state index in [1.54, 1.807) is 24.3 Å². The molecule has 0 aliphatic carbocycles. The van der Waals surface area contributed by atoms with Gasteiger partial charge in [0.25, 0.3) is 5.91 Å². The standard InChI is InChI=1S/C20H19F3N4O3/c21-20(22,23)16-6-4-15(5-7-16)18(28)25-9-10-26-19(29)27-13-14-2-1-3-17(12-14)30-11-8-24/h1-7,12H,9-11,13H2,(H,25,28)(H2,26,27,29). The largest absolute Gasteiger partial charge is 0.479 e. The summed E-state index contributed by atoms with van der Waals surface area (Å²) < 4.78 is 42.7. The van der Waals surface area contributed by atoms with Gasteiger partial charge in [-0.3, -0.25) is 4.79 Å². The summed E-state index contributed by atoms with van der Waals surface area (Å²) in [5.74, 6) is -0.0256. The van der Waals surface area contributed by atoms with Gasteiger partial charge in [-0.25, -0.2) is 4.79 Å². The molecular formula is C20H19F3N4O3. The number of halogens is 3. The molecule has 10 heteroatoms. The van der Waals surface area contributed by atoms with Crippen molar-refractivity contribution in [1.82, 2.24) is 16.0 Å². The van der Waals surface area contributed by atoms with Crippen LogP contribution in [-0.2, 0) is 12.7 Å². The van der Waals surface area contributed by atoms with Crippen LogP contribution in [-0.4, -0.2) is 31.6 Å². The van der Waals surface area contributed by atoms with Crippen molar-refractivity contribution in [1.29, 1.82) is 5.26 Å². The summed E-state index contributed by atoms with van der Waals surface area (Å²) in [7, 11) is 0. The van der Waals surface area contributed by atoms with Crippen LogP contribution in [0.1, 0.15) is 21.5 Å². The lowest BCUT2D eigenvalue weighted by atomic mass is 10.1. The highest BCUT2D eigenvalue weighted by molar-refractivity contribution is 5.94. The summed E-state index contributed by atoms with van der Waals surface area (Å²) in [5, 5.41) is 16.2. The molecule has 2 aromatic rings. The smallest absolute Gasteiger partial charge is 0.416 e. The fraction of sp³-hybridized carbons (Fsp3) is 0.250. The molecule has 0 aromatic heterocycles. The van der Waals surface area contributed by atoms with Crippen LogP contribution in [0.4, 0.5) is 18.0 Å². The Kier molecular flexibility index (Phi) is 8.05. The van der Waals surface area contributed by atoms with E-state index in [0.717, 1.165) is 29.8 Å². The summed E-state index contributed by atoms with van der Waals surface area (Å²) in [4.78, 5) is 23.7. The fourth-order valence-electron chi connectivity index (χ4n) is 2.37. The molecule has 0 aliphatic rings. The van der Waals surface area contributed by atoms with Crippen molar-refractivity contribution in [2.24, 2.45) is 0 Å². The van der Waals surface area contributed by atoms with E-state index >= 15 is 0 Å². The van der Waals surface area contributed by atoms with E-state index in [1.165, 1.54) is 0 Å². The van der Waals surface area contributed by atoms with Crippen molar-refractivity contribution in [3.05, 3.63) is 65.2 Å². The van der Waals surface area contributed by atoms with Crippen molar-refractivity contribution < 1.29 is 27.5 Å². The molecule has 0 heterocycles. The summed E-state index contributed by atoms with van der Waals surface area (Å²) in [6, 6.07) is 12.2. The van der Waals surface area contributed by atoms with Crippen molar-refractivity contribution in [2.45, 2.75) is 12.7 Å². The number of carbonyl (C=O) groups is 2. The topological polar surface area (TPSA) is 103 Å². The van der Waals surface area contributed by atoms with Crippen LogP contribution in [0.3, 0.4) is 0 Å². The lowest BCUT2D eigenvalue weighted by Gasteiger charge is -2.10. The van der Waals surface area contributed by atoms with Crippen LogP contribution in [0.2, 0.25) is 0 Å². The van der Waals surface area contributed by atoms with Gasteiger partial charge in [0.1, 0.15) is 11.8 Å². The monoisotopic (exact) mass is 420 g/mol. The maximum Gasteiger partial charge on any atom is 0.416 e. The Morgan fingerprint density at radius 2 is 1.70 bits per heavy atom. The number of hydrogen-bond acceptors (Lipinski definition) is 4. The van der Waals surface area contributed by atoms with Gasteiger partial charge in [0.2, 0.25) is 0 Å². The Labute approximate surface area is 170 Å². The number of urea groups is 1. The molecule has 0 saturated carbocycles. The maximum absolute atomic E-state index is 12.5. The molecule has 3 amide bonds. The molecule has 158 valence electrons. The minimum absolute atomic E-state index is 0.0738. The van der Waals surface area contributed by atoms with Gasteiger partial charge in [0.05, 0.1) is 5.56 Å². The van der Waals surface area contributed by atoms with Crippen LogP contribution in [0.15, 0.2) is 48.5 Å². The highest BCUT2D eigenvalue weighted by Gasteiger charge is 2.30. The molecular weight excluding hydrogens is 401 g/mol. The first-order chi connectivity index (χ1) is 14.3. The number of hydrogen-bond donors (Lipinski definition) is 3. The third-order valence-electron chi connectivity index (χ3n) is 3.83. The minimum atomic E-state index is -4.46. The highest BCUT2D eigenvalue weighted by Crippen LogP contribution is 2.29. The number of nitriles is 1. The van der Waals surface area contributed by atoms with Gasteiger partial charge in [-0.15, -0.1) is 0 Å². The Balaban J connectivity index is 1.68. The van der Waals surface area contributed by atoms with E-state index in [2.05, 4.69) is 16.0 Å². The van der Waals surface area contributed by atoms with Gasteiger partial charge in [-0.2, -0.15) is 18.4 Å². The number of alkyl halides is 3. The molecule has 7 nitrogen and oxygen atoms in total. The van der Waals surface area contributed by atoms with Crippen LogP contribution in [0, 0.1) is 11.3 Å². The molecule has 3 N–H and O–H groups in total. The van der Waals surface area contributed by atoms with Crippen molar-refractivity contribution >= 4 is 11.9 Å². The summed E-state index contributed by atoms with van der Waals surface area (Å²) in [5.41, 5.74) is 0.0293. The zero-order chi connectivity index (χ0) is 22.0. The number of nitrogens with zero attached hydrogens (tertiary/aromatic N) is 1. The molecule has 0 bridgehead atoms. The number of amides is 3. The zero-order valence-electron chi connectivity index (χ0n) is 15.8. The summed E-state index contributed by atoms with van der Waals surface area (Å²) in [6.07, 6.45) is -4.46. The third kappa shape index (κ3) is 7.35. The van der Waals surface area contributed by atoms with Crippen LogP contribution in [0.5, 0.6) is 5.75 Å². The van der Waals surface area contributed by atoms with E-state index in [1.807, 2.05) is 6.07 Å². The molecule has 0 aliphatic heterocycles. The predicted octanol–water partition coefficient (Wildman–Crippen LogP) is 2.84. The van der Waals surface area contributed by atoms with Crippen LogP contribution < -0.4 is 20.7 Å². The lowest BCUT2D eigenvalue weighted by molar-refractivity contribution is -0.137. The van der Waals surface area contributed by atoms with Crippen molar-refractivity contribution in [2.75, 3.05) is 19.7 Å². The molecule has 30 heavy (non-hydrogen) atoms. The average Bonchev–Trinajstić information content (AvgIpc) is 2.73. The summed E-state index contributed by atoms with van der Waals surface area (Å²) in [6.45, 7) is 0.386. The first kappa shape index (κ1) is 22.5. The Bertz CT molecular complexity index is 909. The van der Waals surface area contributed by atoms with Gasteiger partial charge in [0.15, 0.2) is 6.61 Å². The molecule has 0 fully saturated rings. The predicted molar refractivity (Wildman–Crippen MR) is 102 cm³/mol. The minimum Gasteiger partial charge on any atom is -0.479 e. The third-order valence-corrected chi connectivity index (χ3v) is 3.83. The lowest BCUT2D eigenvalue weighted by Crippen LogP contribution is -2.40. The molecule has 2 aromatic carbocycles. The highest BCUT2D eigenvalue weighted by atomic mass is 19.4. The average molecular weight is 420 g/mol. The fourth-order valence-corrected chi connectivity index (χ4v) is 2.37. The van der Waals surface area contributed by atoms with E-state index in [-0.39, 0.29) is 31.8 Å². The van der Waals surface area contributed by atoms with E-state index < -0.39 is 23.7 Å². The van der Waals surface area contributed by atoms with E-state index in [0.29, 0.717) is 5.75 Å². The number of nitrogens with one attached hydrogen (secondary N) is 3. The number of ether oxygens (including phenoxy) is 1. The van der Waals surface area contributed by atoms with Gasteiger partial charge >= 0.3 is 12.2 Å².